The van der Waals surface area contributed by atoms with Crippen molar-refractivity contribution >= 4 is 11.5 Å². The molecule has 8 heteroatoms. The van der Waals surface area contributed by atoms with Gasteiger partial charge in [-0.1, -0.05) is 60.7 Å². The van der Waals surface area contributed by atoms with Gasteiger partial charge in [-0.3, -0.25) is 0 Å². The van der Waals surface area contributed by atoms with Gasteiger partial charge in [-0.05, 0) is 36.1 Å². The molecule has 0 aliphatic carbocycles. The molecule has 0 radical (unpaired) electrons. The van der Waals surface area contributed by atoms with Crippen LogP contribution >= 0.6 is 0 Å². The van der Waals surface area contributed by atoms with Gasteiger partial charge in [0.1, 0.15) is 18.2 Å². The van der Waals surface area contributed by atoms with E-state index in [1.54, 1.807) is 0 Å². The number of likely N-dealkylation sites (tertiary alicyclic amines) is 1. The minimum Gasteiger partial charge on any atom is -0.390 e. The predicted molar refractivity (Wildman–Crippen MR) is 131 cm³/mol. The number of benzene rings is 2. The summed E-state index contributed by atoms with van der Waals surface area (Å²) < 4.78 is 8.10. The average Bonchev–Trinajstić information content (AvgIpc) is 3.36. The molecular weight excluding hydrogens is 428 g/mol. The number of aromatic nitrogens is 4. The van der Waals surface area contributed by atoms with Gasteiger partial charge in [0.2, 0.25) is 0 Å². The van der Waals surface area contributed by atoms with Crippen LogP contribution in [0.25, 0.3) is 5.65 Å². The van der Waals surface area contributed by atoms with Crippen LogP contribution in [0.1, 0.15) is 30.1 Å². The second-order valence-electron chi connectivity index (χ2n) is 8.70. The Bertz CT molecular complexity index is 1120. The highest BCUT2D eigenvalue weighted by molar-refractivity contribution is 5.42. The third kappa shape index (κ3) is 5.59. The van der Waals surface area contributed by atoms with E-state index >= 15 is 0 Å². The number of piperidine rings is 1. The molecule has 0 amide bonds. The molecule has 0 bridgehead atoms. The van der Waals surface area contributed by atoms with E-state index in [-0.39, 0.29) is 12.2 Å². The fourth-order valence-corrected chi connectivity index (χ4v) is 4.43. The molecule has 1 aliphatic heterocycles. The fourth-order valence-electron chi connectivity index (χ4n) is 4.43. The molecule has 2 N–H and O–H groups in total. The second-order valence-corrected chi connectivity index (χ2v) is 8.70. The van der Waals surface area contributed by atoms with E-state index in [2.05, 4.69) is 73.9 Å². The van der Waals surface area contributed by atoms with Gasteiger partial charge >= 0.3 is 0 Å². The maximum atomic E-state index is 10.5. The number of ether oxygens (including phenoxy) is 1. The topological polar surface area (TPSA) is 87.8 Å². The highest BCUT2D eigenvalue weighted by Crippen LogP contribution is 2.30. The quantitative estimate of drug-likeness (QED) is 0.398. The van der Waals surface area contributed by atoms with Crippen LogP contribution in [0.5, 0.6) is 0 Å². The fraction of sp³-hybridized carbons (Fsp3) is 0.346. The lowest BCUT2D eigenvalue weighted by atomic mass is 10.00. The first-order valence-electron chi connectivity index (χ1n) is 11.8. The van der Waals surface area contributed by atoms with Crippen molar-refractivity contribution in [3.63, 3.8) is 0 Å². The summed E-state index contributed by atoms with van der Waals surface area (Å²) in [5, 5.41) is 22.1. The van der Waals surface area contributed by atoms with E-state index in [0.717, 1.165) is 25.9 Å². The van der Waals surface area contributed by atoms with Gasteiger partial charge in [-0.15, -0.1) is 14.8 Å². The molecule has 3 heterocycles. The van der Waals surface area contributed by atoms with Gasteiger partial charge in [-0.2, -0.15) is 0 Å². The predicted octanol–water partition coefficient (Wildman–Crippen LogP) is 3.17. The standard InChI is InChI=1S/C26H30N6O2/c33-22(17-27-24-11-12-25-28-19-29-32(25)30-24)18-31-15-13-23(14-16-31)34-26(20-7-3-1-4-8-20)21-9-5-2-6-10-21/h1-12,19,22-23,26,33H,13-18H2,(H,27,30). The molecule has 4 aromatic rings. The molecule has 1 fully saturated rings. The van der Waals surface area contributed by atoms with Crippen LogP contribution in [0.3, 0.4) is 0 Å². The van der Waals surface area contributed by atoms with Gasteiger partial charge in [0.25, 0.3) is 0 Å². The van der Waals surface area contributed by atoms with Gasteiger partial charge in [0, 0.05) is 26.2 Å². The number of hydrogen-bond acceptors (Lipinski definition) is 7. The number of fused-ring (bicyclic) bond motifs is 1. The monoisotopic (exact) mass is 458 g/mol. The van der Waals surface area contributed by atoms with E-state index in [0.29, 0.717) is 24.6 Å². The summed E-state index contributed by atoms with van der Waals surface area (Å²) >= 11 is 0. The Morgan fingerprint density at radius 1 is 0.941 bits per heavy atom. The molecule has 5 rings (SSSR count). The summed E-state index contributed by atoms with van der Waals surface area (Å²) in [6.07, 6.45) is 2.99. The van der Waals surface area contributed by atoms with Crippen LogP contribution in [0.15, 0.2) is 79.1 Å². The molecule has 34 heavy (non-hydrogen) atoms. The third-order valence-electron chi connectivity index (χ3n) is 6.20. The summed E-state index contributed by atoms with van der Waals surface area (Å²) in [6.45, 7) is 2.85. The number of nitrogens with one attached hydrogen (secondary N) is 1. The lowest BCUT2D eigenvalue weighted by Crippen LogP contribution is -2.43. The summed E-state index contributed by atoms with van der Waals surface area (Å²) in [5.41, 5.74) is 3.04. The van der Waals surface area contributed by atoms with E-state index in [9.17, 15) is 5.11 Å². The summed E-state index contributed by atoms with van der Waals surface area (Å²) in [5.74, 6) is 0.664. The molecular formula is C26H30N6O2. The van der Waals surface area contributed by atoms with Crippen molar-refractivity contribution in [3.05, 3.63) is 90.3 Å². The number of rotatable bonds is 9. The molecule has 176 valence electrons. The maximum absolute atomic E-state index is 10.5. The third-order valence-corrected chi connectivity index (χ3v) is 6.20. The number of aliphatic hydroxyl groups is 1. The number of nitrogens with zero attached hydrogens (tertiary/aromatic N) is 5. The van der Waals surface area contributed by atoms with Gasteiger partial charge in [0.15, 0.2) is 5.65 Å². The molecule has 0 spiro atoms. The van der Waals surface area contributed by atoms with Crippen LogP contribution < -0.4 is 5.32 Å². The smallest absolute Gasteiger partial charge is 0.176 e. The number of aliphatic hydroxyl groups excluding tert-OH is 1. The number of anilines is 1. The van der Waals surface area contributed by atoms with Crippen molar-refractivity contribution in [2.75, 3.05) is 31.5 Å². The van der Waals surface area contributed by atoms with Crippen LogP contribution in [0, 0.1) is 0 Å². The largest absolute Gasteiger partial charge is 0.390 e. The highest BCUT2D eigenvalue weighted by Gasteiger charge is 2.25. The summed E-state index contributed by atoms with van der Waals surface area (Å²) in [6, 6.07) is 24.5. The van der Waals surface area contributed by atoms with E-state index in [4.69, 9.17) is 4.74 Å². The Hall–Kier alpha value is -3.33. The van der Waals surface area contributed by atoms with Crippen LogP contribution in [-0.4, -0.2) is 68.2 Å². The van der Waals surface area contributed by atoms with Crippen LogP contribution in [-0.2, 0) is 4.74 Å². The Labute approximate surface area is 199 Å². The van der Waals surface area contributed by atoms with Crippen molar-refractivity contribution in [1.29, 1.82) is 0 Å². The van der Waals surface area contributed by atoms with Crippen molar-refractivity contribution in [2.45, 2.75) is 31.2 Å². The van der Waals surface area contributed by atoms with Crippen molar-refractivity contribution in [1.82, 2.24) is 24.7 Å². The minimum absolute atomic E-state index is 0.0661. The highest BCUT2D eigenvalue weighted by atomic mass is 16.5. The number of β-amino-alcohol motifs (C(OH)–C–C–N with tert-alkyl or cyclic N) is 1. The lowest BCUT2D eigenvalue weighted by molar-refractivity contribution is -0.0318. The molecule has 1 atom stereocenters. The van der Waals surface area contributed by atoms with Crippen molar-refractivity contribution < 1.29 is 9.84 Å². The maximum Gasteiger partial charge on any atom is 0.176 e. The lowest BCUT2D eigenvalue weighted by Gasteiger charge is -2.35. The average molecular weight is 459 g/mol. The van der Waals surface area contributed by atoms with E-state index < -0.39 is 6.10 Å². The zero-order valence-electron chi connectivity index (χ0n) is 19.1. The van der Waals surface area contributed by atoms with Gasteiger partial charge in [0.05, 0.1) is 12.2 Å². The molecule has 8 nitrogen and oxygen atoms in total. The summed E-state index contributed by atoms with van der Waals surface area (Å²) in [7, 11) is 0. The van der Waals surface area contributed by atoms with E-state index in [1.165, 1.54) is 22.1 Å². The number of hydrogen-bond donors (Lipinski definition) is 2. The normalized spacial score (nSPS) is 16.2. The zero-order chi connectivity index (χ0) is 23.2. The Morgan fingerprint density at radius 2 is 1.62 bits per heavy atom. The Morgan fingerprint density at radius 3 is 2.29 bits per heavy atom. The Kier molecular flexibility index (Phi) is 7.09. The molecule has 2 aromatic carbocycles. The zero-order valence-corrected chi connectivity index (χ0v) is 19.1. The first kappa shape index (κ1) is 22.5. The molecule has 1 unspecified atom stereocenters. The van der Waals surface area contributed by atoms with E-state index in [1.807, 2.05) is 24.3 Å². The molecule has 2 aromatic heterocycles. The van der Waals surface area contributed by atoms with Crippen molar-refractivity contribution in [3.8, 4) is 0 Å². The van der Waals surface area contributed by atoms with Crippen LogP contribution in [0.2, 0.25) is 0 Å². The molecule has 1 aliphatic rings. The van der Waals surface area contributed by atoms with Crippen molar-refractivity contribution in [2.24, 2.45) is 0 Å². The molecule has 1 saturated heterocycles. The van der Waals surface area contributed by atoms with Gasteiger partial charge < -0.3 is 20.1 Å². The first-order valence-corrected chi connectivity index (χ1v) is 11.8. The van der Waals surface area contributed by atoms with Gasteiger partial charge in [-0.25, -0.2) is 4.98 Å². The summed E-state index contributed by atoms with van der Waals surface area (Å²) in [4.78, 5) is 6.39. The first-order chi connectivity index (χ1) is 16.7. The Balaban J connectivity index is 1.11. The van der Waals surface area contributed by atoms with Crippen LogP contribution in [0.4, 0.5) is 5.82 Å². The SMILES string of the molecule is OC(CNc1ccc2ncnn2n1)CN1CCC(OC(c2ccccc2)c2ccccc2)CC1. The second kappa shape index (κ2) is 10.7. The minimum atomic E-state index is -0.493. The molecule has 0 saturated carbocycles.